The summed E-state index contributed by atoms with van der Waals surface area (Å²) in [6.45, 7) is 2.23. The van der Waals surface area contributed by atoms with Crippen molar-refractivity contribution in [1.82, 2.24) is 0 Å². The molecular weight excluding hydrogens is 339 g/mol. The third-order valence-electron chi connectivity index (χ3n) is 3.12. The van der Waals surface area contributed by atoms with E-state index in [9.17, 15) is 4.39 Å². The number of rotatable bonds is 3. The predicted molar refractivity (Wildman–Crippen MR) is 69.6 cm³/mol. The Morgan fingerprint density at radius 3 is 2.62 bits per heavy atom. The summed E-state index contributed by atoms with van der Waals surface area (Å²) in [4.78, 5) is 0.245. The van der Waals surface area contributed by atoms with Gasteiger partial charge in [-0.2, -0.15) is 0 Å². The number of methoxy groups -OCH3 is 1. The molecule has 4 heteroatoms. The summed E-state index contributed by atoms with van der Waals surface area (Å²) in [5.74, 6) is 1.69. The SMILES string of the molecule is COc1cc(F)c(Br)cc1C(Br)C1CC1C. The van der Waals surface area contributed by atoms with Gasteiger partial charge in [0, 0.05) is 16.5 Å². The lowest BCUT2D eigenvalue weighted by Crippen LogP contribution is -1.99. The highest BCUT2D eigenvalue weighted by Crippen LogP contribution is 2.53. The average molecular weight is 352 g/mol. The number of hydrogen-bond acceptors (Lipinski definition) is 1. The van der Waals surface area contributed by atoms with E-state index in [0.29, 0.717) is 16.1 Å². The minimum Gasteiger partial charge on any atom is -0.496 e. The van der Waals surface area contributed by atoms with E-state index >= 15 is 0 Å². The number of benzene rings is 1. The maximum Gasteiger partial charge on any atom is 0.141 e. The van der Waals surface area contributed by atoms with Crippen molar-refractivity contribution in [2.75, 3.05) is 7.11 Å². The van der Waals surface area contributed by atoms with Gasteiger partial charge in [-0.05, 0) is 40.3 Å². The molecule has 1 nitrogen and oxygen atoms in total. The van der Waals surface area contributed by atoms with Crippen molar-refractivity contribution in [3.8, 4) is 5.75 Å². The van der Waals surface area contributed by atoms with Gasteiger partial charge in [0.05, 0.1) is 11.6 Å². The van der Waals surface area contributed by atoms with Gasteiger partial charge >= 0.3 is 0 Å². The molecule has 3 atom stereocenters. The zero-order valence-corrected chi connectivity index (χ0v) is 12.3. The third kappa shape index (κ3) is 2.28. The normalized spacial score (nSPS) is 25.3. The second-order valence-electron chi connectivity index (χ2n) is 4.29. The van der Waals surface area contributed by atoms with Crippen molar-refractivity contribution in [3.63, 3.8) is 0 Å². The third-order valence-corrected chi connectivity index (χ3v) is 4.90. The molecule has 0 amide bonds. The fraction of sp³-hybridized carbons (Fsp3) is 0.500. The molecule has 1 saturated carbocycles. The molecule has 16 heavy (non-hydrogen) atoms. The molecule has 0 aliphatic heterocycles. The predicted octanol–water partition coefficient (Wildman–Crippen LogP) is 4.69. The summed E-state index contributed by atoms with van der Waals surface area (Å²) >= 11 is 6.89. The van der Waals surface area contributed by atoms with Gasteiger partial charge in [-0.1, -0.05) is 22.9 Å². The van der Waals surface area contributed by atoms with Gasteiger partial charge in [-0.25, -0.2) is 4.39 Å². The smallest absolute Gasteiger partial charge is 0.141 e. The number of halogens is 3. The summed E-state index contributed by atoms with van der Waals surface area (Å²) in [7, 11) is 1.57. The van der Waals surface area contributed by atoms with Crippen LogP contribution >= 0.6 is 31.9 Å². The molecule has 1 fully saturated rings. The first kappa shape index (κ1) is 12.4. The molecule has 0 aromatic heterocycles. The molecule has 3 unspecified atom stereocenters. The monoisotopic (exact) mass is 350 g/mol. The van der Waals surface area contributed by atoms with Crippen LogP contribution in [0.4, 0.5) is 4.39 Å². The molecule has 0 N–H and O–H groups in total. The van der Waals surface area contributed by atoms with Crippen LogP contribution in [0.3, 0.4) is 0 Å². The molecule has 0 heterocycles. The first-order valence-corrected chi connectivity index (χ1v) is 6.92. The van der Waals surface area contributed by atoms with Gasteiger partial charge in [0.15, 0.2) is 0 Å². The topological polar surface area (TPSA) is 9.23 Å². The van der Waals surface area contributed by atoms with Crippen LogP contribution in [-0.2, 0) is 0 Å². The van der Waals surface area contributed by atoms with Gasteiger partial charge in [0.1, 0.15) is 11.6 Å². The highest BCUT2D eigenvalue weighted by atomic mass is 79.9. The highest BCUT2D eigenvalue weighted by Gasteiger charge is 2.40. The van der Waals surface area contributed by atoms with Crippen LogP contribution < -0.4 is 4.74 Å². The first-order valence-electron chi connectivity index (χ1n) is 5.21. The zero-order chi connectivity index (χ0) is 11.9. The maximum atomic E-state index is 13.4. The fourth-order valence-corrected chi connectivity index (χ4v) is 3.38. The molecular formula is C12H13Br2FO. The fourth-order valence-electron chi connectivity index (χ4n) is 1.93. The summed E-state index contributed by atoms with van der Waals surface area (Å²) in [6, 6.07) is 3.24. The summed E-state index contributed by atoms with van der Waals surface area (Å²) in [5, 5.41) is 0. The Hall–Kier alpha value is -0.0900. The molecule has 1 aromatic rings. The standard InChI is InChI=1S/C12H13Br2FO/c1-6-3-7(6)12(14)8-4-9(13)10(15)5-11(8)16-2/h4-7,12H,3H2,1-2H3. The molecule has 2 rings (SSSR count). The Morgan fingerprint density at radius 1 is 1.50 bits per heavy atom. The molecule has 0 bridgehead atoms. The first-order chi connectivity index (χ1) is 7.54. The molecule has 0 saturated heterocycles. The van der Waals surface area contributed by atoms with E-state index in [2.05, 4.69) is 38.8 Å². The lowest BCUT2D eigenvalue weighted by atomic mass is 10.1. The van der Waals surface area contributed by atoms with Crippen molar-refractivity contribution >= 4 is 31.9 Å². The van der Waals surface area contributed by atoms with E-state index in [0.717, 1.165) is 11.5 Å². The zero-order valence-electron chi connectivity index (χ0n) is 9.14. The van der Waals surface area contributed by atoms with Crippen LogP contribution in [0.5, 0.6) is 5.75 Å². The lowest BCUT2D eigenvalue weighted by Gasteiger charge is -2.15. The summed E-state index contributed by atoms with van der Waals surface area (Å²) in [6.07, 6.45) is 1.22. The van der Waals surface area contributed by atoms with Crippen molar-refractivity contribution in [3.05, 3.63) is 28.0 Å². The molecule has 1 aliphatic rings. The van der Waals surface area contributed by atoms with Crippen LogP contribution in [0.15, 0.2) is 16.6 Å². The Labute approximate surface area is 112 Å². The lowest BCUT2D eigenvalue weighted by molar-refractivity contribution is 0.404. The molecule has 0 radical (unpaired) electrons. The largest absolute Gasteiger partial charge is 0.496 e. The Morgan fingerprint density at radius 2 is 2.12 bits per heavy atom. The van der Waals surface area contributed by atoms with Gasteiger partial charge in [-0.3, -0.25) is 0 Å². The van der Waals surface area contributed by atoms with E-state index in [4.69, 9.17) is 4.74 Å². The minimum absolute atomic E-state index is 0.245. The van der Waals surface area contributed by atoms with Crippen LogP contribution in [0.25, 0.3) is 0 Å². The average Bonchev–Trinajstić information content (AvgIpc) is 2.98. The molecule has 0 spiro atoms. The van der Waals surface area contributed by atoms with Crippen molar-refractivity contribution in [1.29, 1.82) is 0 Å². The van der Waals surface area contributed by atoms with Gasteiger partial charge in [-0.15, -0.1) is 0 Å². The quantitative estimate of drug-likeness (QED) is 0.718. The minimum atomic E-state index is -0.288. The summed E-state index contributed by atoms with van der Waals surface area (Å²) < 4.78 is 19.1. The van der Waals surface area contributed by atoms with E-state index in [1.807, 2.05) is 0 Å². The van der Waals surface area contributed by atoms with E-state index in [-0.39, 0.29) is 10.6 Å². The van der Waals surface area contributed by atoms with Crippen LogP contribution in [-0.4, -0.2) is 7.11 Å². The molecule has 1 aliphatic carbocycles. The van der Waals surface area contributed by atoms with Crippen molar-refractivity contribution in [2.45, 2.75) is 18.2 Å². The van der Waals surface area contributed by atoms with Gasteiger partial charge in [0.2, 0.25) is 0 Å². The van der Waals surface area contributed by atoms with Crippen molar-refractivity contribution < 1.29 is 9.13 Å². The van der Waals surface area contributed by atoms with Crippen LogP contribution in [0, 0.1) is 17.7 Å². The van der Waals surface area contributed by atoms with Crippen LogP contribution in [0.2, 0.25) is 0 Å². The summed E-state index contributed by atoms with van der Waals surface area (Å²) in [5.41, 5.74) is 1.02. The van der Waals surface area contributed by atoms with E-state index in [1.54, 1.807) is 13.2 Å². The van der Waals surface area contributed by atoms with Crippen molar-refractivity contribution in [2.24, 2.45) is 11.8 Å². The Bertz CT molecular complexity index is 408. The Kier molecular flexibility index (Phi) is 3.59. The highest BCUT2D eigenvalue weighted by molar-refractivity contribution is 9.10. The molecule has 88 valence electrons. The second kappa shape index (κ2) is 4.65. The number of hydrogen-bond donors (Lipinski definition) is 0. The maximum absolute atomic E-state index is 13.4. The van der Waals surface area contributed by atoms with Gasteiger partial charge < -0.3 is 4.74 Å². The number of alkyl halides is 1. The van der Waals surface area contributed by atoms with E-state index in [1.165, 1.54) is 12.5 Å². The van der Waals surface area contributed by atoms with E-state index < -0.39 is 0 Å². The second-order valence-corrected chi connectivity index (χ2v) is 6.13. The number of ether oxygens (including phenoxy) is 1. The molecule has 1 aromatic carbocycles. The van der Waals surface area contributed by atoms with Gasteiger partial charge in [0.25, 0.3) is 0 Å². The Balaban J connectivity index is 2.35. The van der Waals surface area contributed by atoms with Crippen LogP contribution in [0.1, 0.15) is 23.7 Å².